The van der Waals surface area contributed by atoms with E-state index in [4.69, 9.17) is 4.74 Å². The number of ether oxygens (including phenoxy) is 1. The molecule has 3 aromatic carbocycles. The molecule has 2 aliphatic rings. The molecule has 6 rings (SSSR count). The first-order chi connectivity index (χ1) is 21.0. The molecule has 3 atom stereocenters. The Hall–Kier alpha value is -4.69. The molecule has 1 aromatic heterocycles. The summed E-state index contributed by atoms with van der Waals surface area (Å²) >= 11 is 1.48. The second kappa shape index (κ2) is 12.7. The van der Waals surface area contributed by atoms with Crippen molar-refractivity contribution in [3.05, 3.63) is 144 Å². The molecule has 2 amide bonds. The number of hydrogen-bond acceptors (Lipinski definition) is 6. The van der Waals surface area contributed by atoms with Gasteiger partial charge in [-0.25, -0.2) is 0 Å². The molecule has 2 saturated heterocycles. The predicted molar refractivity (Wildman–Crippen MR) is 167 cm³/mol. The minimum absolute atomic E-state index is 0.153. The smallest absolute Gasteiger partial charge is 0.319 e. The molecule has 0 bridgehead atoms. The van der Waals surface area contributed by atoms with Crippen molar-refractivity contribution in [1.29, 1.82) is 0 Å². The second-order valence-electron chi connectivity index (χ2n) is 10.8. The zero-order valence-electron chi connectivity index (χ0n) is 23.4. The predicted octanol–water partition coefficient (Wildman–Crippen LogP) is 5.06. The van der Waals surface area contributed by atoms with Gasteiger partial charge >= 0.3 is 5.97 Å². The Morgan fingerprint density at radius 2 is 1.60 bits per heavy atom. The third-order valence-corrected chi connectivity index (χ3v) is 9.29. The van der Waals surface area contributed by atoms with Gasteiger partial charge in [-0.05, 0) is 28.3 Å². The van der Waals surface area contributed by atoms with Gasteiger partial charge in [0, 0.05) is 24.7 Å². The fourth-order valence-corrected chi connectivity index (χ4v) is 6.94. The van der Waals surface area contributed by atoms with Gasteiger partial charge in [0.05, 0.1) is 6.42 Å². The van der Waals surface area contributed by atoms with Crippen LogP contribution >= 0.6 is 11.8 Å². The number of amides is 2. The minimum atomic E-state index is -1.10. The highest BCUT2D eigenvalue weighted by Crippen LogP contribution is 2.45. The summed E-state index contributed by atoms with van der Waals surface area (Å²) in [7, 11) is 0. The van der Waals surface area contributed by atoms with E-state index in [1.165, 1.54) is 11.8 Å². The Morgan fingerprint density at radius 1 is 0.953 bits per heavy atom. The summed E-state index contributed by atoms with van der Waals surface area (Å²) in [5.41, 5.74) is 2.33. The van der Waals surface area contributed by atoms with Crippen molar-refractivity contribution in [2.45, 2.75) is 23.9 Å². The topological polar surface area (TPSA) is 88.6 Å². The third kappa shape index (κ3) is 6.24. The number of rotatable bonds is 9. The van der Waals surface area contributed by atoms with Crippen LogP contribution in [-0.4, -0.2) is 51.4 Å². The van der Waals surface area contributed by atoms with Gasteiger partial charge in [0.25, 0.3) is 0 Å². The van der Waals surface area contributed by atoms with E-state index in [1.54, 1.807) is 17.3 Å². The molecule has 0 saturated carbocycles. The van der Waals surface area contributed by atoms with E-state index in [-0.39, 0.29) is 30.2 Å². The Labute approximate surface area is 255 Å². The van der Waals surface area contributed by atoms with E-state index in [1.807, 2.05) is 115 Å². The Kier molecular flexibility index (Phi) is 8.38. The first kappa shape index (κ1) is 28.4. The number of hydrogen-bond donors (Lipinski definition) is 1. The van der Waals surface area contributed by atoms with Gasteiger partial charge in [-0.2, -0.15) is 0 Å². The molecular weight excluding hydrogens is 558 g/mol. The molecular formula is C35H31N3O4S. The molecule has 216 valence electrons. The van der Waals surface area contributed by atoms with Gasteiger partial charge < -0.3 is 15.0 Å². The van der Waals surface area contributed by atoms with E-state index >= 15 is 0 Å². The summed E-state index contributed by atoms with van der Waals surface area (Å²) in [4.78, 5) is 46.2. The number of esters is 1. The Morgan fingerprint density at radius 3 is 2.23 bits per heavy atom. The monoisotopic (exact) mass is 589 g/mol. The van der Waals surface area contributed by atoms with Crippen molar-refractivity contribution >= 4 is 35.6 Å². The van der Waals surface area contributed by atoms with Crippen LogP contribution in [-0.2, 0) is 25.5 Å². The quantitative estimate of drug-likeness (QED) is 0.217. The number of thioether (sulfide) groups is 1. The van der Waals surface area contributed by atoms with Crippen molar-refractivity contribution in [3.8, 4) is 0 Å². The molecule has 43 heavy (non-hydrogen) atoms. The maximum Gasteiger partial charge on any atom is 0.319 e. The molecule has 8 heteroatoms. The third-order valence-electron chi connectivity index (χ3n) is 7.74. The number of pyridine rings is 1. The van der Waals surface area contributed by atoms with Gasteiger partial charge in [-0.3, -0.25) is 19.4 Å². The molecule has 3 heterocycles. The first-order valence-electron chi connectivity index (χ1n) is 14.2. The average molecular weight is 590 g/mol. The largest absolute Gasteiger partial charge is 0.452 e. The lowest BCUT2D eigenvalue weighted by Crippen LogP contribution is -2.73. The van der Waals surface area contributed by atoms with Crippen LogP contribution in [0.2, 0.25) is 0 Å². The van der Waals surface area contributed by atoms with E-state index in [2.05, 4.69) is 10.3 Å². The molecule has 0 radical (unpaired) electrons. The van der Waals surface area contributed by atoms with Crippen LogP contribution in [0, 0.1) is 5.41 Å². The molecule has 7 nitrogen and oxygen atoms in total. The van der Waals surface area contributed by atoms with E-state index in [9.17, 15) is 14.4 Å². The maximum atomic E-state index is 14.2. The van der Waals surface area contributed by atoms with Gasteiger partial charge in [0.15, 0.2) is 6.10 Å². The number of carbonyl (C=O) groups excluding carboxylic acids is 3. The van der Waals surface area contributed by atoms with Crippen molar-refractivity contribution in [2.24, 2.45) is 5.41 Å². The summed E-state index contributed by atoms with van der Waals surface area (Å²) in [6, 6.07) is 31.8. The molecule has 0 spiro atoms. The average Bonchev–Trinajstić information content (AvgIpc) is 3.06. The zero-order chi connectivity index (χ0) is 29.6. The molecule has 2 aliphatic heterocycles. The molecule has 0 aliphatic carbocycles. The standard InChI is InChI=1S/C35H31N3O4S/c39-29(21-25-11-4-1-5-12-25)37-30-32(40)38-23-35(24-43-33(30)38,19-18-26-13-10-20-36-22-26)34(41)42-31(27-14-6-2-7-15-27)28-16-8-3-9-17-28/h1-20,22,30-31,33H,21,23-24H2,(H,37,39)/t30?,33-,35?/m1/s1. The fraction of sp³-hybridized carbons (Fsp3) is 0.200. The summed E-state index contributed by atoms with van der Waals surface area (Å²) in [5, 5.41) is 2.66. The first-order valence-corrected chi connectivity index (χ1v) is 15.2. The number of aromatic nitrogens is 1. The Bertz CT molecular complexity index is 1560. The second-order valence-corrected chi connectivity index (χ2v) is 11.9. The molecule has 2 fully saturated rings. The number of nitrogens with one attached hydrogen (secondary N) is 1. The van der Waals surface area contributed by atoms with E-state index < -0.39 is 23.5 Å². The minimum Gasteiger partial charge on any atom is -0.452 e. The lowest BCUT2D eigenvalue weighted by atomic mass is 9.85. The van der Waals surface area contributed by atoms with Crippen LogP contribution in [0.4, 0.5) is 0 Å². The maximum absolute atomic E-state index is 14.2. The van der Waals surface area contributed by atoms with Crippen LogP contribution in [0.1, 0.15) is 28.4 Å². The van der Waals surface area contributed by atoms with Gasteiger partial charge in [0.2, 0.25) is 11.8 Å². The lowest BCUT2D eigenvalue weighted by Gasteiger charge is -2.53. The summed E-state index contributed by atoms with van der Waals surface area (Å²) in [5.74, 6) is -0.432. The highest BCUT2D eigenvalue weighted by Gasteiger charge is 2.57. The molecule has 2 unspecified atom stereocenters. The van der Waals surface area contributed by atoms with Crippen LogP contribution < -0.4 is 5.32 Å². The lowest BCUT2D eigenvalue weighted by molar-refractivity contribution is -0.162. The van der Waals surface area contributed by atoms with Gasteiger partial charge in [-0.15, -0.1) is 11.8 Å². The summed E-state index contributed by atoms with van der Waals surface area (Å²) in [6.07, 6.45) is 6.70. The van der Waals surface area contributed by atoms with Gasteiger partial charge in [0.1, 0.15) is 16.8 Å². The van der Waals surface area contributed by atoms with Crippen molar-refractivity contribution in [2.75, 3.05) is 12.3 Å². The van der Waals surface area contributed by atoms with Crippen LogP contribution in [0.3, 0.4) is 0 Å². The van der Waals surface area contributed by atoms with E-state index in [0.717, 1.165) is 22.3 Å². The summed E-state index contributed by atoms with van der Waals surface area (Å²) in [6.45, 7) is 0.153. The highest BCUT2D eigenvalue weighted by atomic mass is 32.2. The van der Waals surface area contributed by atoms with Crippen LogP contribution in [0.15, 0.2) is 122 Å². The number of carbonyl (C=O) groups is 3. The number of benzene rings is 3. The SMILES string of the molecule is O=C(Cc1ccccc1)NC1C(=O)N2CC(C=Cc3cccnc3)(C(=O)OC(c3ccccc3)c3ccccc3)CS[C@H]12. The highest BCUT2D eigenvalue weighted by molar-refractivity contribution is 8.00. The van der Waals surface area contributed by atoms with Crippen molar-refractivity contribution < 1.29 is 19.1 Å². The van der Waals surface area contributed by atoms with Gasteiger partial charge in [-0.1, -0.05) is 109 Å². The normalized spacial score (nSPS) is 21.2. The molecule has 1 N–H and O–H groups in total. The van der Waals surface area contributed by atoms with Crippen molar-refractivity contribution in [3.63, 3.8) is 0 Å². The molecule has 4 aromatic rings. The number of β-lactam (4-membered cyclic amide) rings is 1. The number of nitrogens with zero attached hydrogens (tertiary/aromatic N) is 2. The number of fused-ring (bicyclic) bond motifs is 1. The summed E-state index contributed by atoms with van der Waals surface area (Å²) < 4.78 is 6.33. The zero-order valence-corrected chi connectivity index (χ0v) is 24.2. The van der Waals surface area contributed by atoms with Crippen LogP contribution in [0.5, 0.6) is 0 Å². The van der Waals surface area contributed by atoms with Crippen LogP contribution in [0.25, 0.3) is 6.08 Å². The fourth-order valence-electron chi connectivity index (χ4n) is 5.43. The van der Waals surface area contributed by atoms with E-state index in [0.29, 0.717) is 5.75 Å². The van der Waals surface area contributed by atoms with Crippen molar-refractivity contribution in [1.82, 2.24) is 15.2 Å². The Balaban J connectivity index is 1.24.